The molecule has 2 nitrogen and oxygen atoms in total. The Kier molecular flexibility index (Phi) is 4.72. The summed E-state index contributed by atoms with van der Waals surface area (Å²) in [6, 6.07) is 11.7. The molecule has 1 aromatic carbocycles. The van der Waals surface area contributed by atoms with Crippen molar-refractivity contribution in [1.82, 2.24) is 4.90 Å². The minimum Gasteiger partial charge on any atom is -0.393 e. The molecule has 1 saturated heterocycles. The van der Waals surface area contributed by atoms with Gasteiger partial charge in [0.05, 0.1) is 4.99 Å². The van der Waals surface area contributed by atoms with Crippen LogP contribution in [0.5, 0.6) is 0 Å². The van der Waals surface area contributed by atoms with E-state index in [0.717, 1.165) is 6.42 Å². The van der Waals surface area contributed by atoms with Crippen LogP contribution in [0.4, 0.5) is 0 Å². The largest absolute Gasteiger partial charge is 0.393 e. The highest BCUT2D eigenvalue weighted by Gasteiger charge is 2.30. The Morgan fingerprint density at radius 3 is 2.78 bits per heavy atom. The minimum absolute atomic E-state index is 0.358. The SMILES string of the molecule is CCC1CCCN1C(CC(N)=S)c1ccccc1. The Hall–Kier alpha value is -0.930. The van der Waals surface area contributed by atoms with Crippen molar-refractivity contribution in [3.05, 3.63) is 35.9 Å². The van der Waals surface area contributed by atoms with E-state index in [1.807, 2.05) is 0 Å². The van der Waals surface area contributed by atoms with Gasteiger partial charge in [-0.25, -0.2) is 0 Å². The smallest absolute Gasteiger partial charge is 0.0746 e. The molecule has 2 rings (SSSR count). The van der Waals surface area contributed by atoms with E-state index in [1.165, 1.54) is 31.4 Å². The summed E-state index contributed by atoms with van der Waals surface area (Å²) in [7, 11) is 0. The van der Waals surface area contributed by atoms with E-state index in [9.17, 15) is 0 Å². The number of nitrogens with zero attached hydrogens (tertiary/aromatic N) is 1. The van der Waals surface area contributed by atoms with Gasteiger partial charge >= 0.3 is 0 Å². The third kappa shape index (κ3) is 3.09. The zero-order chi connectivity index (χ0) is 13.0. The van der Waals surface area contributed by atoms with Crippen molar-refractivity contribution in [3.63, 3.8) is 0 Å². The molecule has 0 spiro atoms. The van der Waals surface area contributed by atoms with Crippen LogP contribution in [0.1, 0.15) is 44.2 Å². The van der Waals surface area contributed by atoms with E-state index >= 15 is 0 Å². The average Bonchev–Trinajstić information content (AvgIpc) is 2.85. The fourth-order valence-corrected chi connectivity index (χ4v) is 3.16. The van der Waals surface area contributed by atoms with Gasteiger partial charge in [0.1, 0.15) is 0 Å². The predicted octanol–water partition coefficient (Wildman–Crippen LogP) is 3.28. The molecule has 0 radical (unpaired) electrons. The van der Waals surface area contributed by atoms with Gasteiger partial charge in [0, 0.05) is 18.5 Å². The van der Waals surface area contributed by atoms with E-state index in [-0.39, 0.29) is 0 Å². The second-order valence-corrected chi connectivity index (χ2v) is 5.56. The molecule has 1 aliphatic heterocycles. The molecule has 0 bridgehead atoms. The van der Waals surface area contributed by atoms with Crippen molar-refractivity contribution in [2.24, 2.45) is 5.73 Å². The summed E-state index contributed by atoms with van der Waals surface area (Å²) in [4.78, 5) is 3.21. The fraction of sp³-hybridized carbons (Fsp3) is 0.533. The van der Waals surface area contributed by atoms with E-state index < -0.39 is 0 Å². The Bertz CT molecular complexity index is 391. The number of benzene rings is 1. The van der Waals surface area contributed by atoms with Gasteiger partial charge in [-0.2, -0.15) is 0 Å². The summed E-state index contributed by atoms with van der Waals surface area (Å²) in [6.07, 6.45) is 4.59. The number of rotatable bonds is 5. The lowest BCUT2D eigenvalue weighted by molar-refractivity contribution is 0.180. The zero-order valence-electron chi connectivity index (χ0n) is 11.0. The predicted molar refractivity (Wildman–Crippen MR) is 80.6 cm³/mol. The number of hydrogen-bond donors (Lipinski definition) is 1. The molecule has 1 aliphatic rings. The van der Waals surface area contributed by atoms with E-state index in [1.54, 1.807) is 0 Å². The van der Waals surface area contributed by atoms with Gasteiger partial charge < -0.3 is 5.73 Å². The Morgan fingerprint density at radius 2 is 2.17 bits per heavy atom. The summed E-state index contributed by atoms with van der Waals surface area (Å²) >= 11 is 5.13. The number of thiocarbonyl (C=S) groups is 1. The van der Waals surface area contributed by atoms with E-state index in [2.05, 4.69) is 42.2 Å². The molecule has 2 unspecified atom stereocenters. The average molecular weight is 262 g/mol. The second kappa shape index (κ2) is 6.30. The summed E-state index contributed by atoms with van der Waals surface area (Å²) < 4.78 is 0. The van der Waals surface area contributed by atoms with Crippen LogP contribution in [-0.4, -0.2) is 22.5 Å². The first-order valence-electron chi connectivity index (χ1n) is 6.81. The lowest BCUT2D eigenvalue weighted by Gasteiger charge is -2.33. The highest BCUT2D eigenvalue weighted by Crippen LogP contribution is 2.33. The lowest BCUT2D eigenvalue weighted by Crippen LogP contribution is -2.35. The first-order chi connectivity index (χ1) is 8.72. The maximum atomic E-state index is 5.79. The van der Waals surface area contributed by atoms with Crippen molar-refractivity contribution in [2.45, 2.75) is 44.7 Å². The molecule has 0 amide bonds. The molecule has 1 aromatic rings. The fourth-order valence-electron chi connectivity index (χ4n) is 3.00. The van der Waals surface area contributed by atoms with Crippen LogP contribution in [0, 0.1) is 0 Å². The van der Waals surface area contributed by atoms with Crippen LogP contribution in [0.15, 0.2) is 30.3 Å². The second-order valence-electron chi connectivity index (χ2n) is 5.04. The summed E-state index contributed by atoms with van der Waals surface area (Å²) in [5.41, 5.74) is 7.13. The van der Waals surface area contributed by atoms with E-state index in [4.69, 9.17) is 18.0 Å². The van der Waals surface area contributed by atoms with Gasteiger partial charge in [0.25, 0.3) is 0 Å². The van der Waals surface area contributed by atoms with Crippen LogP contribution in [0.3, 0.4) is 0 Å². The first kappa shape index (κ1) is 13.5. The summed E-state index contributed by atoms with van der Waals surface area (Å²) in [5.74, 6) is 0. The van der Waals surface area contributed by atoms with Gasteiger partial charge in [-0.1, -0.05) is 49.5 Å². The van der Waals surface area contributed by atoms with Crippen molar-refractivity contribution in [1.29, 1.82) is 0 Å². The van der Waals surface area contributed by atoms with Gasteiger partial charge in [0.15, 0.2) is 0 Å². The van der Waals surface area contributed by atoms with Crippen molar-refractivity contribution < 1.29 is 0 Å². The lowest BCUT2D eigenvalue weighted by atomic mass is 10.0. The van der Waals surface area contributed by atoms with Crippen LogP contribution in [0.25, 0.3) is 0 Å². The van der Waals surface area contributed by atoms with Crippen LogP contribution >= 0.6 is 12.2 Å². The third-order valence-corrected chi connectivity index (χ3v) is 4.04. The monoisotopic (exact) mass is 262 g/mol. The van der Waals surface area contributed by atoms with Crippen LogP contribution in [0.2, 0.25) is 0 Å². The summed E-state index contributed by atoms with van der Waals surface area (Å²) in [5, 5.41) is 0. The van der Waals surface area contributed by atoms with Gasteiger partial charge in [0.2, 0.25) is 0 Å². The standard InChI is InChI=1S/C15H22N2S/c1-2-13-9-6-10-17(13)14(11-15(16)18)12-7-4-3-5-8-12/h3-5,7-8,13-14H,2,6,9-11H2,1H3,(H2,16,18). The molecule has 18 heavy (non-hydrogen) atoms. The molecular formula is C15H22N2S. The molecule has 0 aromatic heterocycles. The first-order valence-corrected chi connectivity index (χ1v) is 7.22. The van der Waals surface area contributed by atoms with E-state index in [0.29, 0.717) is 17.1 Å². The minimum atomic E-state index is 0.358. The maximum Gasteiger partial charge on any atom is 0.0746 e. The molecule has 1 heterocycles. The molecule has 3 heteroatoms. The van der Waals surface area contributed by atoms with Gasteiger partial charge in [-0.3, -0.25) is 4.90 Å². The molecular weight excluding hydrogens is 240 g/mol. The third-order valence-electron chi connectivity index (χ3n) is 3.87. The Morgan fingerprint density at radius 1 is 1.44 bits per heavy atom. The van der Waals surface area contributed by atoms with Gasteiger partial charge in [-0.15, -0.1) is 0 Å². The highest BCUT2D eigenvalue weighted by molar-refractivity contribution is 7.80. The van der Waals surface area contributed by atoms with Gasteiger partial charge in [-0.05, 0) is 31.4 Å². The molecule has 1 fully saturated rings. The molecule has 2 N–H and O–H groups in total. The topological polar surface area (TPSA) is 29.3 Å². The number of hydrogen-bond acceptors (Lipinski definition) is 2. The Labute approximate surface area is 115 Å². The maximum absolute atomic E-state index is 5.79. The molecule has 0 saturated carbocycles. The summed E-state index contributed by atoms with van der Waals surface area (Å²) in [6.45, 7) is 3.44. The highest BCUT2D eigenvalue weighted by atomic mass is 32.1. The molecule has 0 aliphatic carbocycles. The van der Waals surface area contributed by atoms with Crippen molar-refractivity contribution >= 4 is 17.2 Å². The zero-order valence-corrected chi connectivity index (χ0v) is 11.8. The number of likely N-dealkylation sites (tertiary alicyclic amines) is 1. The van der Waals surface area contributed by atoms with Crippen LogP contribution < -0.4 is 5.73 Å². The number of nitrogens with two attached hydrogens (primary N) is 1. The molecule has 98 valence electrons. The normalized spacial score (nSPS) is 21.9. The molecule has 2 atom stereocenters. The quantitative estimate of drug-likeness (QED) is 0.826. The Balaban J connectivity index is 2.22. The van der Waals surface area contributed by atoms with Crippen LogP contribution in [-0.2, 0) is 0 Å². The van der Waals surface area contributed by atoms with Crippen molar-refractivity contribution in [2.75, 3.05) is 6.54 Å². The van der Waals surface area contributed by atoms with Crippen molar-refractivity contribution in [3.8, 4) is 0 Å².